The van der Waals surface area contributed by atoms with Gasteiger partial charge in [0.05, 0.1) is 6.04 Å². The summed E-state index contributed by atoms with van der Waals surface area (Å²) in [6, 6.07) is 9.17. The molecule has 0 aliphatic carbocycles. The second-order valence-electron chi connectivity index (χ2n) is 2.41. The Morgan fingerprint density at radius 2 is 2.00 bits per heavy atom. The van der Waals surface area contributed by atoms with Gasteiger partial charge in [-0.1, -0.05) is 30.3 Å². The number of hydrogen-bond acceptors (Lipinski definition) is 2. The molecule has 0 aliphatic rings. The van der Waals surface area contributed by atoms with Crippen LogP contribution in [0.3, 0.4) is 0 Å². The van der Waals surface area contributed by atoms with Crippen molar-refractivity contribution in [2.75, 3.05) is 0 Å². The molecule has 0 aliphatic heterocycles. The molecular weight excluding hydrogens is 138 g/mol. The molecular formula is C9H10NO. The third kappa shape index (κ3) is 2.51. The lowest BCUT2D eigenvalue weighted by molar-refractivity contribution is 0.541. The molecule has 0 fully saturated rings. The maximum absolute atomic E-state index is 10.1. The molecule has 2 nitrogen and oxygen atoms in total. The smallest absolute Gasteiger partial charge is 0.217 e. The molecule has 0 unspecified atom stereocenters. The van der Waals surface area contributed by atoms with E-state index >= 15 is 0 Å². The minimum Gasteiger partial charge on any atom is -0.321 e. The van der Waals surface area contributed by atoms with Gasteiger partial charge in [0.2, 0.25) is 6.29 Å². The maximum atomic E-state index is 10.1. The van der Waals surface area contributed by atoms with Gasteiger partial charge in [0.15, 0.2) is 0 Å². The standard InChI is InChI=1S/C9H10NO/c10-9(7-11)6-8-4-2-1-3-5-8/h1-5,9H,6,10H2/t9-/m1/s1. The molecule has 0 heterocycles. The van der Waals surface area contributed by atoms with Gasteiger partial charge in [0.25, 0.3) is 0 Å². The van der Waals surface area contributed by atoms with E-state index in [1.807, 2.05) is 30.3 Å². The lowest BCUT2D eigenvalue weighted by Crippen LogP contribution is -2.23. The summed E-state index contributed by atoms with van der Waals surface area (Å²) >= 11 is 0. The average Bonchev–Trinajstić information content (AvgIpc) is 2.06. The zero-order valence-electron chi connectivity index (χ0n) is 6.16. The maximum Gasteiger partial charge on any atom is 0.217 e. The first-order valence-corrected chi connectivity index (χ1v) is 3.50. The molecule has 1 radical (unpaired) electrons. The Hall–Kier alpha value is -1.15. The molecule has 1 atom stereocenters. The minimum absolute atomic E-state index is 0.489. The fourth-order valence-electron chi connectivity index (χ4n) is 0.910. The topological polar surface area (TPSA) is 43.1 Å². The summed E-state index contributed by atoms with van der Waals surface area (Å²) in [7, 11) is 0. The molecule has 0 spiro atoms. The molecule has 1 rings (SSSR count). The predicted molar refractivity (Wildman–Crippen MR) is 43.8 cm³/mol. The van der Waals surface area contributed by atoms with Crippen molar-refractivity contribution in [3.05, 3.63) is 35.9 Å². The third-order valence-corrected chi connectivity index (χ3v) is 1.45. The Labute approximate surface area is 66.0 Å². The molecule has 0 bridgehead atoms. The summed E-state index contributed by atoms with van der Waals surface area (Å²) in [5, 5.41) is 0. The van der Waals surface area contributed by atoms with Crippen LogP contribution in [0.5, 0.6) is 0 Å². The molecule has 1 aromatic rings. The number of benzene rings is 1. The summed E-state index contributed by atoms with van der Waals surface area (Å²) in [6.45, 7) is 0. The fourth-order valence-corrected chi connectivity index (χ4v) is 0.910. The number of rotatable bonds is 3. The molecule has 0 saturated heterocycles. The Kier molecular flexibility index (Phi) is 2.81. The first-order chi connectivity index (χ1) is 5.33. The van der Waals surface area contributed by atoms with Crippen molar-refractivity contribution < 1.29 is 4.79 Å². The molecule has 57 valence electrons. The van der Waals surface area contributed by atoms with Crippen LogP contribution in [0.25, 0.3) is 0 Å². The van der Waals surface area contributed by atoms with E-state index < -0.39 is 6.04 Å². The van der Waals surface area contributed by atoms with Gasteiger partial charge in [0, 0.05) is 0 Å². The summed E-state index contributed by atoms with van der Waals surface area (Å²) in [4.78, 5) is 10.1. The van der Waals surface area contributed by atoms with Crippen LogP contribution < -0.4 is 5.73 Å². The summed E-state index contributed by atoms with van der Waals surface area (Å²) in [6.07, 6.45) is 2.31. The van der Waals surface area contributed by atoms with Gasteiger partial charge in [-0.15, -0.1) is 0 Å². The quantitative estimate of drug-likeness (QED) is 0.684. The van der Waals surface area contributed by atoms with E-state index in [4.69, 9.17) is 5.73 Å². The van der Waals surface area contributed by atoms with Crippen molar-refractivity contribution >= 4 is 6.29 Å². The molecule has 0 saturated carbocycles. The lowest BCUT2D eigenvalue weighted by Gasteiger charge is -2.01. The van der Waals surface area contributed by atoms with Gasteiger partial charge in [-0.25, -0.2) is 0 Å². The van der Waals surface area contributed by atoms with Crippen LogP contribution in [0.15, 0.2) is 30.3 Å². The van der Waals surface area contributed by atoms with Crippen molar-refractivity contribution in [1.82, 2.24) is 0 Å². The van der Waals surface area contributed by atoms with E-state index in [0.717, 1.165) is 5.56 Å². The van der Waals surface area contributed by atoms with E-state index in [2.05, 4.69) is 0 Å². The highest BCUT2D eigenvalue weighted by molar-refractivity contribution is 5.58. The summed E-state index contributed by atoms with van der Waals surface area (Å²) in [5.41, 5.74) is 6.45. The monoisotopic (exact) mass is 148 g/mol. The van der Waals surface area contributed by atoms with Gasteiger partial charge in [-0.05, 0) is 12.0 Å². The Morgan fingerprint density at radius 1 is 1.36 bits per heavy atom. The van der Waals surface area contributed by atoms with Crippen molar-refractivity contribution in [1.29, 1.82) is 0 Å². The van der Waals surface area contributed by atoms with Crippen molar-refractivity contribution in [2.45, 2.75) is 12.5 Å². The largest absolute Gasteiger partial charge is 0.321 e. The van der Waals surface area contributed by atoms with E-state index in [-0.39, 0.29) is 0 Å². The van der Waals surface area contributed by atoms with E-state index in [1.165, 1.54) is 0 Å². The van der Waals surface area contributed by atoms with Crippen LogP contribution in [0.4, 0.5) is 0 Å². The van der Waals surface area contributed by atoms with Crippen LogP contribution in [-0.4, -0.2) is 12.3 Å². The van der Waals surface area contributed by atoms with Crippen molar-refractivity contribution in [3.63, 3.8) is 0 Å². The van der Waals surface area contributed by atoms with Gasteiger partial charge < -0.3 is 5.73 Å². The lowest BCUT2D eigenvalue weighted by atomic mass is 10.1. The van der Waals surface area contributed by atoms with Crippen LogP contribution in [0, 0.1) is 0 Å². The van der Waals surface area contributed by atoms with Gasteiger partial charge in [-0.2, -0.15) is 0 Å². The van der Waals surface area contributed by atoms with E-state index in [0.29, 0.717) is 6.42 Å². The van der Waals surface area contributed by atoms with Crippen LogP contribution >= 0.6 is 0 Å². The van der Waals surface area contributed by atoms with Crippen molar-refractivity contribution in [3.8, 4) is 0 Å². The number of carbonyl (C=O) groups excluding carboxylic acids is 1. The van der Waals surface area contributed by atoms with E-state index in [9.17, 15) is 4.79 Å². The second kappa shape index (κ2) is 3.88. The van der Waals surface area contributed by atoms with Gasteiger partial charge in [0.1, 0.15) is 0 Å². The molecule has 1 aromatic carbocycles. The average molecular weight is 148 g/mol. The Balaban J connectivity index is 2.57. The zero-order chi connectivity index (χ0) is 8.10. The molecule has 0 amide bonds. The Morgan fingerprint density at radius 3 is 2.55 bits per heavy atom. The second-order valence-corrected chi connectivity index (χ2v) is 2.41. The molecule has 2 heteroatoms. The fraction of sp³-hybridized carbons (Fsp3) is 0.222. The van der Waals surface area contributed by atoms with Crippen LogP contribution in [0.1, 0.15) is 5.56 Å². The van der Waals surface area contributed by atoms with Crippen LogP contribution in [-0.2, 0) is 11.2 Å². The van der Waals surface area contributed by atoms with Gasteiger partial charge >= 0.3 is 0 Å². The first kappa shape index (κ1) is 7.95. The SMILES string of the molecule is N[C@@H]([C]=O)Cc1ccccc1. The zero-order valence-corrected chi connectivity index (χ0v) is 6.16. The van der Waals surface area contributed by atoms with Crippen molar-refractivity contribution in [2.24, 2.45) is 5.73 Å². The minimum atomic E-state index is -0.489. The Bertz CT molecular complexity index is 220. The highest BCUT2D eigenvalue weighted by Gasteiger charge is 2.00. The number of nitrogens with two attached hydrogens (primary N) is 1. The summed E-state index contributed by atoms with van der Waals surface area (Å²) < 4.78 is 0. The first-order valence-electron chi connectivity index (χ1n) is 3.50. The predicted octanol–water partition coefficient (Wildman–Crippen LogP) is 0.666. The van der Waals surface area contributed by atoms with E-state index in [1.54, 1.807) is 6.29 Å². The number of hydrogen-bond donors (Lipinski definition) is 1. The third-order valence-electron chi connectivity index (χ3n) is 1.45. The normalized spacial score (nSPS) is 12.5. The highest BCUT2D eigenvalue weighted by atomic mass is 16.1. The molecule has 2 N–H and O–H groups in total. The van der Waals surface area contributed by atoms with Crippen LogP contribution in [0.2, 0.25) is 0 Å². The van der Waals surface area contributed by atoms with Gasteiger partial charge in [-0.3, -0.25) is 4.79 Å². The summed E-state index contributed by atoms with van der Waals surface area (Å²) in [5.74, 6) is 0. The highest BCUT2D eigenvalue weighted by Crippen LogP contribution is 1.99. The molecule has 11 heavy (non-hydrogen) atoms. The molecule has 0 aromatic heterocycles.